The zero-order chi connectivity index (χ0) is 15.6. The van der Waals surface area contributed by atoms with Crippen molar-refractivity contribution in [3.8, 4) is 5.75 Å². The number of rotatable bonds is 9. The Labute approximate surface area is 133 Å². The third-order valence-corrected chi connectivity index (χ3v) is 3.53. The van der Waals surface area contributed by atoms with Crippen molar-refractivity contribution in [3.63, 3.8) is 0 Å². The van der Waals surface area contributed by atoms with E-state index in [0.717, 1.165) is 25.1 Å². The standard InChI is InChI=1S/C19H25NO2/c1-2-22-19-10-6-9-17(13-19)14-20-15-18(21)12-11-16-7-4-3-5-8-16/h3-10,13,18,20-21H,2,11-12,14-15H2,1H3/t18-/m1/s1. The quantitative estimate of drug-likeness (QED) is 0.747. The van der Waals surface area contributed by atoms with Gasteiger partial charge in [-0.25, -0.2) is 0 Å². The van der Waals surface area contributed by atoms with Gasteiger partial charge in [0.15, 0.2) is 0 Å². The number of ether oxygens (including phenoxy) is 1. The van der Waals surface area contributed by atoms with Crippen LogP contribution in [0.3, 0.4) is 0 Å². The molecule has 2 aromatic rings. The Bertz CT molecular complexity index is 542. The number of benzene rings is 2. The molecule has 2 N–H and O–H groups in total. The van der Waals surface area contributed by atoms with Crippen LogP contribution in [0.25, 0.3) is 0 Å². The van der Waals surface area contributed by atoms with E-state index in [1.807, 2.05) is 43.3 Å². The van der Waals surface area contributed by atoms with Gasteiger partial charge in [0, 0.05) is 13.1 Å². The third-order valence-electron chi connectivity index (χ3n) is 3.53. The lowest BCUT2D eigenvalue weighted by molar-refractivity contribution is 0.161. The maximum absolute atomic E-state index is 10.0. The van der Waals surface area contributed by atoms with Gasteiger partial charge in [0.2, 0.25) is 0 Å². The van der Waals surface area contributed by atoms with Crippen molar-refractivity contribution in [1.29, 1.82) is 0 Å². The summed E-state index contributed by atoms with van der Waals surface area (Å²) in [5.74, 6) is 0.895. The Kier molecular flexibility index (Phi) is 6.94. The SMILES string of the molecule is CCOc1cccc(CNC[C@H](O)CCc2ccccc2)c1. The van der Waals surface area contributed by atoms with E-state index in [9.17, 15) is 5.11 Å². The van der Waals surface area contributed by atoms with E-state index < -0.39 is 0 Å². The normalized spacial score (nSPS) is 12.1. The molecule has 3 nitrogen and oxygen atoms in total. The van der Waals surface area contributed by atoms with Gasteiger partial charge in [-0.05, 0) is 43.0 Å². The van der Waals surface area contributed by atoms with E-state index in [2.05, 4.69) is 23.5 Å². The Balaban J connectivity index is 1.68. The highest BCUT2D eigenvalue weighted by atomic mass is 16.5. The van der Waals surface area contributed by atoms with Crippen LogP contribution >= 0.6 is 0 Å². The molecular weight excluding hydrogens is 274 g/mol. The first kappa shape index (κ1) is 16.5. The summed E-state index contributed by atoms with van der Waals surface area (Å²) in [4.78, 5) is 0. The molecule has 2 rings (SSSR count). The molecule has 0 heterocycles. The van der Waals surface area contributed by atoms with Crippen LogP contribution in [0.15, 0.2) is 54.6 Å². The summed E-state index contributed by atoms with van der Waals surface area (Å²) < 4.78 is 5.48. The molecule has 0 saturated heterocycles. The van der Waals surface area contributed by atoms with E-state index in [1.165, 1.54) is 11.1 Å². The third kappa shape index (κ3) is 5.88. The lowest BCUT2D eigenvalue weighted by Crippen LogP contribution is -2.26. The molecule has 0 spiro atoms. The molecule has 2 aromatic carbocycles. The lowest BCUT2D eigenvalue weighted by atomic mass is 10.1. The molecule has 0 saturated carbocycles. The molecule has 0 unspecified atom stereocenters. The van der Waals surface area contributed by atoms with Crippen molar-refractivity contribution in [3.05, 3.63) is 65.7 Å². The van der Waals surface area contributed by atoms with Gasteiger partial charge in [0.1, 0.15) is 5.75 Å². The minimum atomic E-state index is -0.324. The zero-order valence-corrected chi connectivity index (χ0v) is 13.2. The first-order valence-electron chi connectivity index (χ1n) is 7.92. The Morgan fingerprint density at radius 1 is 1.05 bits per heavy atom. The minimum Gasteiger partial charge on any atom is -0.494 e. The summed E-state index contributed by atoms with van der Waals surface area (Å²) in [5.41, 5.74) is 2.44. The van der Waals surface area contributed by atoms with Gasteiger partial charge in [-0.15, -0.1) is 0 Å². The fraction of sp³-hybridized carbons (Fsp3) is 0.368. The van der Waals surface area contributed by atoms with E-state index in [-0.39, 0.29) is 6.10 Å². The van der Waals surface area contributed by atoms with Gasteiger partial charge in [-0.3, -0.25) is 0 Å². The molecule has 0 fully saturated rings. The maximum atomic E-state index is 10.0. The number of hydrogen-bond donors (Lipinski definition) is 2. The highest BCUT2D eigenvalue weighted by Crippen LogP contribution is 2.13. The molecule has 3 heteroatoms. The minimum absolute atomic E-state index is 0.324. The molecular formula is C19H25NO2. The van der Waals surface area contributed by atoms with Gasteiger partial charge in [-0.2, -0.15) is 0 Å². The van der Waals surface area contributed by atoms with E-state index >= 15 is 0 Å². The Morgan fingerprint density at radius 2 is 1.82 bits per heavy atom. The van der Waals surface area contributed by atoms with Crippen molar-refractivity contribution in [2.24, 2.45) is 0 Å². The van der Waals surface area contributed by atoms with Crippen LogP contribution in [0.1, 0.15) is 24.5 Å². The van der Waals surface area contributed by atoms with Crippen molar-refractivity contribution >= 4 is 0 Å². The van der Waals surface area contributed by atoms with Crippen LogP contribution in [-0.4, -0.2) is 24.4 Å². The van der Waals surface area contributed by atoms with E-state index in [4.69, 9.17) is 4.74 Å². The number of aliphatic hydroxyl groups excluding tert-OH is 1. The highest BCUT2D eigenvalue weighted by molar-refractivity contribution is 5.28. The molecule has 0 aliphatic rings. The summed E-state index contributed by atoms with van der Waals surface area (Å²) in [6.07, 6.45) is 1.36. The van der Waals surface area contributed by atoms with E-state index in [1.54, 1.807) is 0 Å². The molecule has 0 aromatic heterocycles. The molecule has 0 aliphatic heterocycles. The molecule has 0 aliphatic carbocycles. The predicted molar refractivity (Wildman–Crippen MR) is 90.1 cm³/mol. The molecule has 0 bridgehead atoms. The van der Waals surface area contributed by atoms with Gasteiger partial charge in [-0.1, -0.05) is 42.5 Å². The second kappa shape index (κ2) is 9.23. The van der Waals surface area contributed by atoms with Crippen molar-refractivity contribution < 1.29 is 9.84 Å². The molecule has 0 radical (unpaired) electrons. The summed E-state index contributed by atoms with van der Waals surface area (Å²) in [5, 5.41) is 13.3. The lowest BCUT2D eigenvalue weighted by Gasteiger charge is -2.12. The smallest absolute Gasteiger partial charge is 0.119 e. The Hall–Kier alpha value is -1.84. The molecule has 22 heavy (non-hydrogen) atoms. The second-order valence-electron chi connectivity index (χ2n) is 5.39. The van der Waals surface area contributed by atoms with Crippen molar-refractivity contribution in [1.82, 2.24) is 5.32 Å². The first-order valence-corrected chi connectivity index (χ1v) is 7.92. The van der Waals surface area contributed by atoms with Crippen molar-refractivity contribution in [2.45, 2.75) is 32.4 Å². The average molecular weight is 299 g/mol. The van der Waals surface area contributed by atoms with Crippen LogP contribution in [0.4, 0.5) is 0 Å². The van der Waals surface area contributed by atoms with Gasteiger partial charge < -0.3 is 15.2 Å². The number of hydrogen-bond acceptors (Lipinski definition) is 3. The topological polar surface area (TPSA) is 41.5 Å². The van der Waals surface area contributed by atoms with Gasteiger partial charge >= 0.3 is 0 Å². The highest BCUT2D eigenvalue weighted by Gasteiger charge is 2.04. The van der Waals surface area contributed by atoms with Gasteiger partial charge in [0.25, 0.3) is 0 Å². The molecule has 1 atom stereocenters. The van der Waals surface area contributed by atoms with E-state index in [0.29, 0.717) is 13.2 Å². The number of aliphatic hydroxyl groups is 1. The summed E-state index contributed by atoms with van der Waals surface area (Å²) in [6.45, 7) is 4.00. The largest absolute Gasteiger partial charge is 0.494 e. The predicted octanol–water partition coefficient (Wildman–Crippen LogP) is 3.17. The van der Waals surface area contributed by atoms with Crippen LogP contribution in [0, 0.1) is 0 Å². The van der Waals surface area contributed by atoms with Gasteiger partial charge in [0.05, 0.1) is 12.7 Å². The van der Waals surface area contributed by atoms with Crippen LogP contribution in [-0.2, 0) is 13.0 Å². The summed E-state index contributed by atoms with van der Waals surface area (Å²) >= 11 is 0. The van der Waals surface area contributed by atoms with Crippen LogP contribution in [0.2, 0.25) is 0 Å². The van der Waals surface area contributed by atoms with Crippen LogP contribution in [0.5, 0.6) is 5.75 Å². The fourth-order valence-electron chi connectivity index (χ4n) is 2.38. The molecule has 0 amide bonds. The monoisotopic (exact) mass is 299 g/mol. The fourth-order valence-corrected chi connectivity index (χ4v) is 2.38. The maximum Gasteiger partial charge on any atom is 0.119 e. The zero-order valence-electron chi connectivity index (χ0n) is 13.2. The second-order valence-corrected chi connectivity index (χ2v) is 5.39. The summed E-state index contributed by atoms with van der Waals surface area (Å²) in [6, 6.07) is 18.3. The number of nitrogens with one attached hydrogen (secondary N) is 1. The Morgan fingerprint density at radius 3 is 2.59 bits per heavy atom. The van der Waals surface area contributed by atoms with Crippen LogP contribution < -0.4 is 10.1 Å². The summed E-state index contributed by atoms with van der Waals surface area (Å²) in [7, 11) is 0. The first-order chi connectivity index (χ1) is 10.8. The molecule has 118 valence electrons. The average Bonchev–Trinajstić information content (AvgIpc) is 2.55. The number of aryl methyl sites for hydroxylation is 1. The van der Waals surface area contributed by atoms with Crippen molar-refractivity contribution in [2.75, 3.05) is 13.2 Å².